The van der Waals surface area contributed by atoms with Crippen molar-refractivity contribution in [1.82, 2.24) is 9.97 Å². The van der Waals surface area contributed by atoms with Crippen LogP contribution in [-0.4, -0.2) is 9.97 Å². The first-order chi connectivity index (χ1) is 31.0. The molecule has 0 bridgehead atoms. The Kier molecular flexibility index (Phi) is 8.75. The molecule has 0 spiro atoms. The number of anilines is 6. The monoisotopic (exact) mass is 812 g/mol. The molecule has 2 aromatic heterocycles. The molecule has 8 nitrogen and oxygen atoms in total. The van der Waals surface area contributed by atoms with E-state index in [1.165, 1.54) is 0 Å². The van der Waals surface area contributed by atoms with E-state index in [2.05, 4.69) is 106 Å². The van der Waals surface area contributed by atoms with Crippen LogP contribution in [0.15, 0.2) is 191 Å². The molecular formula is C55H36N6O2. The quantitative estimate of drug-likeness (QED) is 0.141. The number of para-hydroxylation sites is 2. The third kappa shape index (κ3) is 5.81. The van der Waals surface area contributed by atoms with E-state index in [0.29, 0.717) is 45.2 Å². The van der Waals surface area contributed by atoms with Gasteiger partial charge in [-0.25, -0.2) is 14.8 Å². The zero-order valence-corrected chi connectivity index (χ0v) is 34.3. The minimum absolute atomic E-state index is 0.519. The number of fused-ring (bicyclic) bond motifs is 7. The lowest BCUT2D eigenvalue weighted by molar-refractivity contribution is 0.558. The van der Waals surface area contributed by atoms with E-state index in [4.69, 9.17) is 25.4 Å². The van der Waals surface area contributed by atoms with Gasteiger partial charge in [0.05, 0.1) is 35.0 Å². The standard InChI is InChI=1S/C55H36N6O2/c1-35-58-51-47(60(41-20-12-6-13-21-41)43-28-24-37(34-56)25-29-43)32-45-49(53(51)62-35)50-46(55(45,38-16-8-4-9-17-38)39-18-10-5-11-19-39)33-48(52-54(50)63-36(2)59-52)61(42-22-14-7-15-23-42)44-30-26-40(57-3)27-31-44/h4-33H,1-2H3. The maximum atomic E-state index is 9.78. The first-order valence-corrected chi connectivity index (χ1v) is 20.7. The van der Waals surface area contributed by atoms with Gasteiger partial charge in [-0.05, 0) is 95.1 Å². The van der Waals surface area contributed by atoms with Crippen molar-refractivity contribution in [3.05, 3.63) is 233 Å². The highest BCUT2D eigenvalue weighted by molar-refractivity contribution is 6.14. The lowest BCUT2D eigenvalue weighted by Crippen LogP contribution is -2.29. The summed E-state index contributed by atoms with van der Waals surface area (Å²) in [7, 11) is 0. The molecule has 1 aliphatic carbocycles. The highest BCUT2D eigenvalue weighted by Gasteiger charge is 2.50. The Morgan fingerprint density at radius 1 is 0.524 bits per heavy atom. The number of nitrogens with zero attached hydrogens (tertiary/aromatic N) is 6. The fourth-order valence-electron chi connectivity index (χ4n) is 9.45. The van der Waals surface area contributed by atoms with E-state index in [9.17, 15) is 5.26 Å². The Morgan fingerprint density at radius 2 is 0.905 bits per heavy atom. The zero-order valence-electron chi connectivity index (χ0n) is 34.3. The van der Waals surface area contributed by atoms with Gasteiger partial charge in [0.1, 0.15) is 11.0 Å². The van der Waals surface area contributed by atoms with E-state index in [0.717, 1.165) is 67.5 Å². The largest absolute Gasteiger partial charge is 0.440 e. The molecule has 63 heavy (non-hydrogen) atoms. The second-order valence-corrected chi connectivity index (χ2v) is 15.6. The molecule has 0 amide bonds. The van der Waals surface area contributed by atoms with Crippen molar-refractivity contribution in [3.8, 4) is 17.2 Å². The molecule has 10 aromatic rings. The third-order valence-electron chi connectivity index (χ3n) is 12.0. The van der Waals surface area contributed by atoms with Crippen LogP contribution in [0.1, 0.15) is 39.6 Å². The highest BCUT2D eigenvalue weighted by Crippen LogP contribution is 2.62. The van der Waals surface area contributed by atoms with Crippen LogP contribution < -0.4 is 9.80 Å². The van der Waals surface area contributed by atoms with E-state index in [1.54, 1.807) is 0 Å². The van der Waals surface area contributed by atoms with Gasteiger partial charge in [0.2, 0.25) is 0 Å². The maximum Gasteiger partial charge on any atom is 0.192 e. The highest BCUT2D eigenvalue weighted by atomic mass is 16.4. The average molecular weight is 813 g/mol. The van der Waals surface area contributed by atoms with Crippen molar-refractivity contribution in [2.75, 3.05) is 9.80 Å². The van der Waals surface area contributed by atoms with Crippen molar-refractivity contribution >= 4 is 62.0 Å². The molecule has 0 atom stereocenters. The Morgan fingerprint density at radius 3 is 1.30 bits per heavy atom. The fraction of sp³-hybridized carbons (Fsp3) is 0.0545. The predicted octanol–water partition coefficient (Wildman–Crippen LogP) is 14.3. The number of hydrogen-bond donors (Lipinski definition) is 0. The summed E-state index contributed by atoms with van der Waals surface area (Å²) in [5, 5.41) is 9.78. The summed E-state index contributed by atoms with van der Waals surface area (Å²) in [6.07, 6.45) is 0. The second-order valence-electron chi connectivity index (χ2n) is 15.6. The normalized spacial score (nSPS) is 12.4. The molecule has 1 aliphatic rings. The van der Waals surface area contributed by atoms with Gasteiger partial charge in [0.15, 0.2) is 28.6 Å². The molecule has 0 N–H and O–H groups in total. The molecule has 2 heterocycles. The molecule has 298 valence electrons. The number of oxazole rings is 2. The second kappa shape index (κ2) is 14.8. The summed E-state index contributed by atoms with van der Waals surface area (Å²) in [6, 6.07) is 63.8. The number of nitriles is 1. The first kappa shape index (κ1) is 37.3. The summed E-state index contributed by atoms with van der Waals surface area (Å²) in [5.41, 5.74) is 13.9. The molecule has 8 aromatic carbocycles. The minimum atomic E-state index is -0.927. The number of aromatic nitrogens is 2. The van der Waals surface area contributed by atoms with Crippen molar-refractivity contribution in [2.24, 2.45) is 0 Å². The minimum Gasteiger partial charge on any atom is -0.440 e. The SMILES string of the molecule is [C-]#[N+]c1ccc(N(c2ccccc2)c2cc3c(c4oc(C)nc24)-c2c(cc(N(c4ccccc4)c4ccc(C#N)cc4)c4nc(C)oc24)C3(c2ccccc2)c2ccccc2)cc1. The Bertz CT molecular complexity index is 3190. The fourth-order valence-corrected chi connectivity index (χ4v) is 9.45. The van der Waals surface area contributed by atoms with Gasteiger partial charge in [-0.3, -0.25) is 0 Å². The molecule has 0 saturated heterocycles. The topological polar surface area (TPSA) is 86.7 Å². The zero-order chi connectivity index (χ0) is 42.7. The molecule has 8 heteroatoms. The summed E-state index contributed by atoms with van der Waals surface area (Å²) in [4.78, 5) is 18.4. The van der Waals surface area contributed by atoms with E-state index in [1.807, 2.05) is 111 Å². The van der Waals surface area contributed by atoms with Gasteiger partial charge in [0.25, 0.3) is 0 Å². The molecule has 11 rings (SSSR count). The number of rotatable bonds is 8. The van der Waals surface area contributed by atoms with Gasteiger partial charge < -0.3 is 18.6 Å². The molecule has 0 aliphatic heterocycles. The van der Waals surface area contributed by atoms with Crippen molar-refractivity contribution in [3.63, 3.8) is 0 Å². The van der Waals surface area contributed by atoms with Crippen LogP contribution in [0.3, 0.4) is 0 Å². The maximum absolute atomic E-state index is 9.78. The van der Waals surface area contributed by atoms with E-state index < -0.39 is 5.41 Å². The predicted molar refractivity (Wildman–Crippen MR) is 249 cm³/mol. The Labute approximate surface area is 364 Å². The summed E-state index contributed by atoms with van der Waals surface area (Å²) >= 11 is 0. The van der Waals surface area contributed by atoms with Gasteiger partial charge >= 0.3 is 0 Å². The van der Waals surface area contributed by atoms with Crippen LogP contribution in [0.2, 0.25) is 0 Å². The van der Waals surface area contributed by atoms with Crippen LogP contribution in [-0.2, 0) is 5.41 Å². The van der Waals surface area contributed by atoms with Crippen molar-refractivity contribution in [1.29, 1.82) is 5.26 Å². The number of aryl methyl sites for hydroxylation is 2. The van der Waals surface area contributed by atoms with Gasteiger partial charge in [-0.1, -0.05) is 109 Å². The van der Waals surface area contributed by atoms with Crippen LogP contribution in [0.5, 0.6) is 0 Å². The van der Waals surface area contributed by atoms with Crippen LogP contribution in [0, 0.1) is 31.8 Å². The Balaban J connectivity index is 1.32. The smallest absolute Gasteiger partial charge is 0.192 e. The van der Waals surface area contributed by atoms with Gasteiger partial charge in [0, 0.05) is 47.7 Å². The van der Waals surface area contributed by atoms with Crippen LogP contribution in [0.4, 0.5) is 39.8 Å². The van der Waals surface area contributed by atoms with E-state index >= 15 is 0 Å². The van der Waals surface area contributed by atoms with E-state index in [-0.39, 0.29) is 0 Å². The molecule has 0 unspecified atom stereocenters. The molecule has 0 radical (unpaired) electrons. The average Bonchev–Trinajstić information content (AvgIpc) is 4.02. The molecule has 0 saturated carbocycles. The Hall–Kier alpha value is -8.72. The summed E-state index contributed by atoms with van der Waals surface area (Å²) in [5.74, 6) is 1.04. The van der Waals surface area contributed by atoms with Crippen LogP contribution in [0.25, 0.3) is 38.2 Å². The first-order valence-electron chi connectivity index (χ1n) is 20.7. The lowest BCUT2D eigenvalue weighted by atomic mass is 9.67. The molecule has 0 fully saturated rings. The van der Waals surface area contributed by atoms with Crippen LogP contribution >= 0.6 is 0 Å². The molecular weight excluding hydrogens is 777 g/mol. The van der Waals surface area contributed by atoms with Crippen molar-refractivity contribution in [2.45, 2.75) is 19.3 Å². The van der Waals surface area contributed by atoms with Gasteiger partial charge in [-0.15, -0.1) is 0 Å². The van der Waals surface area contributed by atoms with Crippen molar-refractivity contribution < 1.29 is 8.83 Å². The number of hydrogen-bond acceptors (Lipinski definition) is 7. The summed E-state index contributed by atoms with van der Waals surface area (Å²) < 4.78 is 13.7. The lowest BCUT2D eigenvalue weighted by Gasteiger charge is -2.35. The summed E-state index contributed by atoms with van der Waals surface area (Å²) in [6.45, 7) is 11.5. The van der Waals surface area contributed by atoms with Gasteiger partial charge in [-0.2, -0.15) is 5.26 Å². The third-order valence-corrected chi connectivity index (χ3v) is 12.0. The number of benzene rings is 8.